The summed E-state index contributed by atoms with van der Waals surface area (Å²) >= 11 is 0. The molecule has 0 unspecified atom stereocenters. The van der Waals surface area contributed by atoms with E-state index in [2.05, 4.69) is 15.0 Å². The van der Waals surface area contributed by atoms with E-state index in [1.54, 1.807) is 31.2 Å². The predicted octanol–water partition coefficient (Wildman–Crippen LogP) is 2.54. The Morgan fingerprint density at radius 3 is 2.61 bits per heavy atom. The summed E-state index contributed by atoms with van der Waals surface area (Å²) < 4.78 is 45.4. The second kappa shape index (κ2) is 7.81. The molecule has 1 aliphatic rings. The Morgan fingerprint density at radius 2 is 1.93 bits per heavy atom. The van der Waals surface area contributed by atoms with Gasteiger partial charge in [-0.05, 0) is 36.8 Å². The first kappa shape index (κ1) is 19.6. The second-order valence-corrected chi connectivity index (χ2v) is 7.63. The quantitative estimate of drug-likeness (QED) is 0.802. The minimum atomic E-state index is -3.84. The number of rotatable bonds is 5. The van der Waals surface area contributed by atoms with E-state index >= 15 is 0 Å². The highest BCUT2D eigenvalue weighted by atomic mass is 32.2. The van der Waals surface area contributed by atoms with E-state index in [-0.39, 0.29) is 17.3 Å². The van der Waals surface area contributed by atoms with Crippen LogP contribution in [-0.2, 0) is 14.8 Å². The van der Waals surface area contributed by atoms with Gasteiger partial charge in [-0.2, -0.15) is 0 Å². The number of hydrogen-bond acceptors (Lipinski definition) is 5. The number of aliphatic imine (C=N–C) groups is 1. The van der Waals surface area contributed by atoms with Crippen molar-refractivity contribution < 1.29 is 22.3 Å². The second-order valence-electron chi connectivity index (χ2n) is 6.01. The van der Waals surface area contributed by atoms with Crippen molar-refractivity contribution in [1.82, 2.24) is 4.72 Å². The Hall–Kier alpha value is -3.20. The molecule has 1 aliphatic heterocycles. The molecule has 0 saturated carbocycles. The lowest BCUT2D eigenvalue weighted by molar-refractivity contribution is -0.114. The lowest BCUT2D eigenvalue weighted by Crippen LogP contribution is -2.25. The Bertz CT molecular complexity index is 1080. The first-order valence-corrected chi connectivity index (χ1v) is 9.77. The number of nitrogens with one attached hydrogen (secondary N) is 2. The number of amidine groups is 1. The highest BCUT2D eigenvalue weighted by Crippen LogP contribution is 2.29. The molecule has 146 valence electrons. The first-order chi connectivity index (χ1) is 13.3. The summed E-state index contributed by atoms with van der Waals surface area (Å²) in [5, 5.41) is 2.66. The summed E-state index contributed by atoms with van der Waals surface area (Å²) in [4.78, 5) is 16.2. The van der Waals surface area contributed by atoms with Crippen molar-refractivity contribution in [2.24, 2.45) is 4.99 Å². The summed E-state index contributed by atoms with van der Waals surface area (Å²) in [6.07, 6.45) is 0. The largest absolute Gasteiger partial charge is 0.497 e. The van der Waals surface area contributed by atoms with Gasteiger partial charge in [0, 0.05) is 17.3 Å². The number of methoxy groups -OCH3 is 1. The van der Waals surface area contributed by atoms with Gasteiger partial charge in [-0.1, -0.05) is 18.2 Å². The van der Waals surface area contributed by atoms with E-state index in [4.69, 9.17) is 4.74 Å². The average Bonchev–Trinajstić information content (AvgIpc) is 2.89. The molecule has 0 aromatic heterocycles. The van der Waals surface area contributed by atoms with E-state index < -0.39 is 21.7 Å². The van der Waals surface area contributed by atoms with Gasteiger partial charge in [-0.15, -0.1) is 0 Å². The molecule has 0 aliphatic carbocycles. The van der Waals surface area contributed by atoms with E-state index in [0.29, 0.717) is 22.6 Å². The van der Waals surface area contributed by atoms with Crippen molar-refractivity contribution in [3.8, 4) is 5.75 Å². The molecule has 0 fully saturated rings. The van der Waals surface area contributed by atoms with Gasteiger partial charge in [0.15, 0.2) is 0 Å². The number of ether oxygens (including phenoxy) is 1. The smallest absolute Gasteiger partial charge is 0.264 e. The van der Waals surface area contributed by atoms with Crippen LogP contribution in [0.1, 0.15) is 12.5 Å². The number of hydrogen-bond donors (Lipinski definition) is 2. The lowest BCUT2D eigenvalue weighted by Gasteiger charge is -2.06. The minimum Gasteiger partial charge on any atom is -0.497 e. The number of sulfonamides is 1. The maximum atomic E-state index is 13.1. The lowest BCUT2D eigenvalue weighted by atomic mass is 10.1. The predicted molar refractivity (Wildman–Crippen MR) is 105 cm³/mol. The molecule has 0 bridgehead atoms. The number of amides is 1. The van der Waals surface area contributed by atoms with E-state index in [1.807, 2.05) is 0 Å². The van der Waals surface area contributed by atoms with Gasteiger partial charge in [0.25, 0.3) is 10.0 Å². The Morgan fingerprint density at radius 1 is 1.21 bits per heavy atom. The van der Waals surface area contributed by atoms with Crippen LogP contribution in [0.3, 0.4) is 0 Å². The average molecular weight is 403 g/mol. The van der Waals surface area contributed by atoms with Gasteiger partial charge in [-0.3, -0.25) is 14.5 Å². The zero-order valence-electron chi connectivity index (χ0n) is 15.2. The zero-order chi connectivity index (χ0) is 20.3. The molecule has 1 amide bonds. The molecule has 9 heteroatoms. The van der Waals surface area contributed by atoms with Gasteiger partial charge in [0.1, 0.15) is 28.9 Å². The standard InChI is InChI=1S/C19H18FN3O4S/c1-12-18(13-6-8-14(20)9-7-13)28(25,26)23-19(12)21-11-17(24)22-15-4-3-5-16(10-15)27-2/h3-10H,11H2,1-2H3,(H,21,23)(H,22,24). The van der Waals surface area contributed by atoms with Crippen molar-refractivity contribution in [2.45, 2.75) is 6.92 Å². The van der Waals surface area contributed by atoms with Crippen molar-refractivity contribution >= 4 is 32.4 Å². The molecule has 2 aromatic carbocycles. The molecule has 7 nitrogen and oxygen atoms in total. The van der Waals surface area contributed by atoms with Gasteiger partial charge in [-0.25, -0.2) is 12.8 Å². The minimum absolute atomic E-state index is 0.0134. The fourth-order valence-electron chi connectivity index (χ4n) is 2.74. The van der Waals surface area contributed by atoms with Gasteiger partial charge < -0.3 is 10.1 Å². The third-order valence-corrected chi connectivity index (χ3v) is 5.58. The molecule has 0 radical (unpaired) electrons. The number of carbonyl (C=O) groups is 1. The summed E-state index contributed by atoms with van der Waals surface area (Å²) in [5.74, 6) is -0.202. The monoisotopic (exact) mass is 403 g/mol. The SMILES string of the molecule is COc1cccc(NC(=O)CN=C2NS(=O)(=O)C(c3ccc(F)cc3)=C2C)c1. The highest BCUT2D eigenvalue weighted by Gasteiger charge is 2.32. The van der Waals surface area contributed by atoms with Crippen LogP contribution >= 0.6 is 0 Å². The molecule has 0 saturated heterocycles. The number of halogens is 1. The summed E-state index contributed by atoms with van der Waals surface area (Å²) in [5.41, 5.74) is 1.24. The van der Waals surface area contributed by atoms with Crippen molar-refractivity contribution in [3.05, 3.63) is 65.5 Å². The molecular formula is C19H18FN3O4S. The van der Waals surface area contributed by atoms with Crippen LogP contribution in [0.25, 0.3) is 4.91 Å². The molecule has 2 aromatic rings. The van der Waals surface area contributed by atoms with E-state index in [0.717, 1.165) is 0 Å². The molecular weight excluding hydrogens is 385 g/mol. The fourth-order valence-corrected chi connectivity index (χ4v) is 4.26. The van der Waals surface area contributed by atoms with Crippen molar-refractivity contribution in [1.29, 1.82) is 0 Å². The summed E-state index contributed by atoms with van der Waals surface area (Å²) in [7, 11) is -2.32. The van der Waals surface area contributed by atoms with Crippen LogP contribution < -0.4 is 14.8 Å². The topological polar surface area (TPSA) is 96.9 Å². The normalized spacial score (nSPS) is 16.8. The van der Waals surface area contributed by atoms with E-state index in [9.17, 15) is 17.6 Å². The molecule has 2 N–H and O–H groups in total. The van der Waals surface area contributed by atoms with Crippen LogP contribution in [0.2, 0.25) is 0 Å². The van der Waals surface area contributed by atoms with Crippen LogP contribution in [0, 0.1) is 5.82 Å². The molecule has 0 atom stereocenters. The molecule has 3 rings (SSSR count). The molecule has 1 heterocycles. The first-order valence-electron chi connectivity index (χ1n) is 8.28. The Kier molecular flexibility index (Phi) is 5.46. The Balaban J connectivity index is 1.78. The molecule has 28 heavy (non-hydrogen) atoms. The van der Waals surface area contributed by atoms with Gasteiger partial charge >= 0.3 is 0 Å². The fraction of sp³-hybridized carbons (Fsp3) is 0.158. The van der Waals surface area contributed by atoms with Crippen molar-refractivity contribution in [2.75, 3.05) is 19.0 Å². The van der Waals surface area contributed by atoms with Gasteiger partial charge in [0.2, 0.25) is 5.91 Å². The third-order valence-electron chi connectivity index (χ3n) is 4.04. The van der Waals surface area contributed by atoms with Crippen LogP contribution in [0.4, 0.5) is 10.1 Å². The van der Waals surface area contributed by atoms with Gasteiger partial charge in [0.05, 0.1) is 7.11 Å². The van der Waals surface area contributed by atoms with Crippen LogP contribution in [0.5, 0.6) is 5.75 Å². The highest BCUT2D eigenvalue weighted by molar-refractivity contribution is 8.00. The van der Waals surface area contributed by atoms with Crippen LogP contribution in [0.15, 0.2) is 59.1 Å². The summed E-state index contributed by atoms with van der Waals surface area (Å²) in [6, 6.07) is 12.0. The van der Waals surface area contributed by atoms with E-state index in [1.165, 1.54) is 31.4 Å². The summed E-state index contributed by atoms with van der Waals surface area (Å²) in [6.45, 7) is 1.30. The number of benzene rings is 2. The number of nitrogens with zero attached hydrogens (tertiary/aromatic N) is 1. The maximum absolute atomic E-state index is 13.1. The Labute approximate surface area is 162 Å². The number of anilines is 1. The number of carbonyl (C=O) groups excluding carboxylic acids is 1. The third kappa shape index (κ3) is 4.20. The van der Waals surface area contributed by atoms with Crippen LogP contribution in [-0.4, -0.2) is 33.8 Å². The van der Waals surface area contributed by atoms with Crippen molar-refractivity contribution in [3.63, 3.8) is 0 Å². The zero-order valence-corrected chi connectivity index (χ0v) is 16.0. The molecule has 0 spiro atoms. The maximum Gasteiger partial charge on any atom is 0.264 e.